The quantitative estimate of drug-likeness (QED) is 0.472. The first-order chi connectivity index (χ1) is 13.7. The molecule has 1 atom stereocenters. The topological polar surface area (TPSA) is 70.7 Å². The molecule has 5 nitrogen and oxygen atoms in total. The van der Waals surface area contributed by atoms with Crippen molar-refractivity contribution in [3.05, 3.63) is 71.6 Å². The summed E-state index contributed by atoms with van der Waals surface area (Å²) in [6, 6.07) is 18.0. The Morgan fingerprint density at radius 1 is 1.14 bits per heavy atom. The fraction of sp³-hybridized carbons (Fsp3) is 0.227. The van der Waals surface area contributed by atoms with Crippen LogP contribution < -0.4 is 5.32 Å². The number of nitrogens with zero attached hydrogens (tertiary/aromatic N) is 2. The summed E-state index contributed by atoms with van der Waals surface area (Å²) in [6.45, 7) is 1.94. The zero-order valence-electron chi connectivity index (χ0n) is 15.7. The summed E-state index contributed by atoms with van der Waals surface area (Å²) < 4.78 is 1.20. The molecule has 0 aliphatic rings. The molecule has 4 aromatic rings. The van der Waals surface area contributed by atoms with Crippen molar-refractivity contribution >= 4 is 27.5 Å². The number of rotatable bonds is 7. The number of imidazole rings is 1. The molecule has 28 heavy (non-hydrogen) atoms. The van der Waals surface area contributed by atoms with Gasteiger partial charge in [0.25, 0.3) is 0 Å². The van der Waals surface area contributed by atoms with Crippen LogP contribution in [0.2, 0.25) is 0 Å². The molecule has 142 valence electrons. The van der Waals surface area contributed by atoms with E-state index in [9.17, 15) is 4.79 Å². The highest BCUT2D eigenvalue weighted by molar-refractivity contribution is 7.18. The van der Waals surface area contributed by atoms with E-state index in [1.807, 2.05) is 55.5 Å². The Morgan fingerprint density at radius 2 is 1.93 bits per heavy atom. The number of H-pyrrole nitrogens is 1. The summed E-state index contributed by atoms with van der Waals surface area (Å²) in [5.74, 6) is 0.796. The number of aryl methyl sites for hydroxylation is 1. The van der Waals surface area contributed by atoms with Crippen LogP contribution in [-0.4, -0.2) is 20.9 Å². The van der Waals surface area contributed by atoms with Crippen molar-refractivity contribution in [1.29, 1.82) is 0 Å². The molecule has 4 rings (SSSR count). The van der Waals surface area contributed by atoms with E-state index in [0.717, 1.165) is 40.4 Å². The van der Waals surface area contributed by atoms with Crippen LogP contribution in [0.5, 0.6) is 0 Å². The Bertz CT molecular complexity index is 1040. The number of hydrogen-bond donors (Lipinski definition) is 2. The highest BCUT2D eigenvalue weighted by atomic mass is 32.1. The molecule has 0 fully saturated rings. The number of aromatic amines is 1. The van der Waals surface area contributed by atoms with E-state index in [1.165, 1.54) is 4.70 Å². The number of nitrogens with one attached hydrogen (secondary N) is 2. The molecule has 2 aromatic heterocycles. The van der Waals surface area contributed by atoms with Crippen molar-refractivity contribution in [2.45, 2.75) is 32.2 Å². The van der Waals surface area contributed by atoms with Crippen LogP contribution in [0.3, 0.4) is 0 Å². The maximum absolute atomic E-state index is 12.3. The minimum absolute atomic E-state index is 0.0336. The van der Waals surface area contributed by atoms with Crippen molar-refractivity contribution in [3.63, 3.8) is 0 Å². The van der Waals surface area contributed by atoms with Gasteiger partial charge in [-0.15, -0.1) is 11.3 Å². The van der Waals surface area contributed by atoms with Crippen LogP contribution in [-0.2, 0) is 11.2 Å². The predicted molar refractivity (Wildman–Crippen MR) is 113 cm³/mol. The Balaban J connectivity index is 1.28. The maximum Gasteiger partial charge on any atom is 0.220 e. The SMILES string of the molecule is CC(NC(=O)CCCc1nc2ccccc2s1)c1ncc(-c2ccccc2)[nH]1. The van der Waals surface area contributed by atoms with Gasteiger partial charge in [0.15, 0.2) is 0 Å². The summed E-state index contributed by atoms with van der Waals surface area (Å²) in [7, 11) is 0. The maximum atomic E-state index is 12.3. The Morgan fingerprint density at radius 3 is 2.75 bits per heavy atom. The lowest BCUT2D eigenvalue weighted by molar-refractivity contribution is -0.121. The number of aromatic nitrogens is 3. The molecule has 2 aromatic carbocycles. The van der Waals surface area contributed by atoms with E-state index in [1.54, 1.807) is 17.5 Å². The second kappa shape index (κ2) is 8.35. The molecule has 1 amide bonds. The average molecular weight is 391 g/mol. The molecule has 0 spiro atoms. The smallest absolute Gasteiger partial charge is 0.220 e. The van der Waals surface area contributed by atoms with Gasteiger partial charge in [-0.05, 0) is 37.5 Å². The highest BCUT2D eigenvalue weighted by Gasteiger charge is 2.13. The van der Waals surface area contributed by atoms with Gasteiger partial charge in [0, 0.05) is 6.42 Å². The monoisotopic (exact) mass is 390 g/mol. The molecule has 0 saturated heterocycles. The number of amides is 1. The lowest BCUT2D eigenvalue weighted by Gasteiger charge is -2.11. The molecule has 0 radical (unpaired) electrons. The van der Waals surface area contributed by atoms with Gasteiger partial charge in [-0.3, -0.25) is 4.79 Å². The molecule has 6 heteroatoms. The van der Waals surface area contributed by atoms with Gasteiger partial charge in [0.05, 0.1) is 33.2 Å². The van der Waals surface area contributed by atoms with Crippen LogP contribution in [0.1, 0.15) is 36.6 Å². The number of benzene rings is 2. The van der Waals surface area contributed by atoms with E-state index in [2.05, 4.69) is 26.3 Å². The van der Waals surface area contributed by atoms with Crippen molar-refractivity contribution in [2.75, 3.05) is 0 Å². The zero-order chi connectivity index (χ0) is 19.3. The summed E-state index contributed by atoms with van der Waals surface area (Å²) in [4.78, 5) is 24.6. The van der Waals surface area contributed by atoms with Crippen LogP contribution in [0.25, 0.3) is 21.5 Å². The minimum atomic E-state index is -0.160. The van der Waals surface area contributed by atoms with Crippen LogP contribution in [0.15, 0.2) is 60.8 Å². The normalized spacial score (nSPS) is 12.2. The molecular formula is C22H22N4OS. The lowest BCUT2D eigenvalue weighted by Crippen LogP contribution is -2.27. The standard InChI is InChI=1S/C22H22N4OS/c1-15(22-23-14-18(26-22)16-8-3-2-4-9-16)24-20(27)12-7-13-21-25-17-10-5-6-11-19(17)28-21/h2-6,8-11,14-15H,7,12-13H2,1H3,(H,23,26)(H,24,27). The third-order valence-corrected chi connectivity index (χ3v) is 5.70. The Labute approximate surface area is 167 Å². The van der Waals surface area contributed by atoms with E-state index >= 15 is 0 Å². The van der Waals surface area contributed by atoms with Crippen LogP contribution in [0.4, 0.5) is 0 Å². The number of fused-ring (bicyclic) bond motifs is 1. The molecule has 0 aliphatic heterocycles. The average Bonchev–Trinajstić information content (AvgIpc) is 3.35. The molecule has 2 heterocycles. The van der Waals surface area contributed by atoms with Gasteiger partial charge < -0.3 is 10.3 Å². The fourth-order valence-corrected chi connectivity index (χ4v) is 4.14. The van der Waals surface area contributed by atoms with E-state index in [4.69, 9.17) is 0 Å². The van der Waals surface area contributed by atoms with E-state index in [-0.39, 0.29) is 11.9 Å². The number of carbonyl (C=O) groups excluding carboxylic acids is 1. The number of carbonyl (C=O) groups is 1. The van der Waals surface area contributed by atoms with Crippen molar-refractivity contribution in [1.82, 2.24) is 20.3 Å². The molecule has 0 bridgehead atoms. The Hall–Kier alpha value is -2.99. The molecule has 0 saturated carbocycles. The van der Waals surface area contributed by atoms with Gasteiger partial charge in [-0.25, -0.2) is 9.97 Å². The van der Waals surface area contributed by atoms with Gasteiger partial charge in [0.1, 0.15) is 5.82 Å². The minimum Gasteiger partial charge on any atom is -0.346 e. The molecular weight excluding hydrogens is 368 g/mol. The highest BCUT2D eigenvalue weighted by Crippen LogP contribution is 2.23. The third-order valence-electron chi connectivity index (χ3n) is 4.60. The number of hydrogen-bond acceptors (Lipinski definition) is 4. The van der Waals surface area contributed by atoms with Crippen LogP contribution >= 0.6 is 11.3 Å². The lowest BCUT2D eigenvalue weighted by atomic mass is 10.2. The van der Waals surface area contributed by atoms with E-state index in [0.29, 0.717) is 6.42 Å². The number of para-hydroxylation sites is 1. The zero-order valence-corrected chi connectivity index (χ0v) is 16.5. The van der Waals surface area contributed by atoms with Crippen molar-refractivity contribution in [3.8, 4) is 11.3 Å². The van der Waals surface area contributed by atoms with Gasteiger partial charge in [-0.1, -0.05) is 42.5 Å². The second-order valence-electron chi connectivity index (χ2n) is 6.77. The molecule has 2 N–H and O–H groups in total. The van der Waals surface area contributed by atoms with Crippen molar-refractivity contribution < 1.29 is 4.79 Å². The fourth-order valence-electron chi connectivity index (χ4n) is 3.13. The summed E-state index contributed by atoms with van der Waals surface area (Å²) in [5.41, 5.74) is 3.07. The third kappa shape index (κ3) is 4.28. The summed E-state index contributed by atoms with van der Waals surface area (Å²) in [5, 5.41) is 4.11. The largest absolute Gasteiger partial charge is 0.346 e. The second-order valence-corrected chi connectivity index (χ2v) is 7.88. The summed E-state index contributed by atoms with van der Waals surface area (Å²) >= 11 is 1.70. The van der Waals surface area contributed by atoms with E-state index < -0.39 is 0 Å². The van der Waals surface area contributed by atoms with Gasteiger partial charge >= 0.3 is 0 Å². The number of thiazole rings is 1. The molecule has 1 unspecified atom stereocenters. The van der Waals surface area contributed by atoms with Crippen molar-refractivity contribution in [2.24, 2.45) is 0 Å². The Kier molecular flexibility index (Phi) is 5.48. The first-order valence-corrected chi connectivity index (χ1v) is 10.2. The summed E-state index contributed by atoms with van der Waals surface area (Å²) in [6.07, 6.45) is 3.89. The molecule has 0 aliphatic carbocycles. The first kappa shape index (κ1) is 18.4. The predicted octanol–water partition coefficient (Wildman–Crippen LogP) is 4.89. The first-order valence-electron chi connectivity index (χ1n) is 9.43. The van der Waals surface area contributed by atoms with Gasteiger partial charge in [-0.2, -0.15) is 0 Å². The van der Waals surface area contributed by atoms with Crippen LogP contribution in [0, 0.1) is 0 Å². The van der Waals surface area contributed by atoms with Gasteiger partial charge in [0.2, 0.25) is 5.91 Å².